The number of aromatic nitrogens is 2. The summed E-state index contributed by atoms with van der Waals surface area (Å²) in [6.45, 7) is 1.57. The maximum atomic E-state index is 13.5. The van der Waals surface area contributed by atoms with E-state index >= 15 is 0 Å². The third-order valence-corrected chi connectivity index (χ3v) is 2.69. The summed E-state index contributed by atoms with van der Waals surface area (Å²) < 4.78 is 39.4. The van der Waals surface area contributed by atoms with Gasteiger partial charge in [-0.2, -0.15) is 0 Å². The van der Waals surface area contributed by atoms with Crippen LogP contribution in [0.2, 0.25) is 5.15 Å². The molecule has 6 heteroatoms. The van der Waals surface area contributed by atoms with E-state index in [0.717, 1.165) is 18.5 Å². The van der Waals surface area contributed by atoms with Crippen LogP contribution in [0.3, 0.4) is 0 Å². The number of nitrogens with zero attached hydrogens (tertiary/aromatic N) is 2. The van der Waals surface area contributed by atoms with Crippen LogP contribution in [0.1, 0.15) is 5.56 Å². The molecule has 1 aromatic carbocycles. The molecule has 0 aliphatic heterocycles. The average molecular weight is 259 g/mol. The Kier molecular flexibility index (Phi) is 3.02. The van der Waals surface area contributed by atoms with Crippen molar-refractivity contribution in [3.63, 3.8) is 0 Å². The third kappa shape index (κ3) is 1.98. The van der Waals surface area contributed by atoms with E-state index in [1.54, 1.807) is 6.92 Å². The Labute approximate surface area is 100 Å². The lowest BCUT2D eigenvalue weighted by atomic mass is 10.1. The highest BCUT2D eigenvalue weighted by Crippen LogP contribution is 2.28. The normalized spacial score (nSPS) is 10.6. The fourth-order valence-corrected chi connectivity index (χ4v) is 1.54. The van der Waals surface area contributed by atoms with E-state index in [0.29, 0.717) is 5.56 Å². The molecule has 0 aliphatic rings. The Bertz CT molecular complexity index is 587. The van der Waals surface area contributed by atoms with Crippen molar-refractivity contribution in [1.29, 1.82) is 0 Å². The number of rotatable bonds is 1. The molecule has 0 saturated carbocycles. The fraction of sp³-hybridized carbons (Fsp3) is 0.0909. The summed E-state index contributed by atoms with van der Waals surface area (Å²) in [5.74, 6) is -4.07. The first kappa shape index (κ1) is 11.9. The SMILES string of the molecule is Cc1c(Cl)ncnc1-c1ccc(F)c(F)c1F. The van der Waals surface area contributed by atoms with Gasteiger partial charge in [-0.25, -0.2) is 23.1 Å². The summed E-state index contributed by atoms with van der Waals surface area (Å²) in [6, 6.07) is 1.95. The lowest BCUT2D eigenvalue weighted by Crippen LogP contribution is -1.98. The van der Waals surface area contributed by atoms with Crippen molar-refractivity contribution in [3.05, 3.63) is 46.6 Å². The van der Waals surface area contributed by atoms with Crippen LogP contribution in [0.5, 0.6) is 0 Å². The summed E-state index contributed by atoms with van der Waals surface area (Å²) in [5, 5.41) is 0.138. The van der Waals surface area contributed by atoms with Crippen molar-refractivity contribution in [1.82, 2.24) is 9.97 Å². The average Bonchev–Trinajstić information content (AvgIpc) is 2.31. The van der Waals surface area contributed by atoms with Crippen LogP contribution in [-0.4, -0.2) is 9.97 Å². The number of hydrogen-bond acceptors (Lipinski definition) is 2. The monoisotopic (exact) mass is 258 g/mol. The molecular weight excluding hydrogens is 253 g/mol. The van der Waals surface area contributed by atoms with Gasteiger partial charge in [-0.15, -0.1) is 0 Å². The topological polar surface area (TPSA) is 25.8 Å². The van der Waals surface area contributed by atoms with Crippen LogP contribution in [0.15, 0.2) is 18.5 Å². The first-order valence-electron chi connectivity index (χ1n) is 4.63. The zero-order chi connectivity index (χ0) is 12.6. The largest absolute Gasteiger partial charge is 0.236 e. The summed E-state index contributed by atoms with van der Waals surface area (Å²) >= 11 is 5.75. The van der Waals surface area contributed by atoms with Gasteiger partial charge in [0.05, 0.1) is 5.69 Å². The predicted molar refractivity (Wildman–Crippen MR) is 57.1 cm³/mol. The van der Waals surface area contributed by atoms with Crippen LogP contribution in [0, 0.1) is 24.4 Å². The minimum Gasteiger partial charge on any atom is -0.236 e. The summed E-state index contributed by atoms with van der Waals surface area (Å²) in [6.07, 6.45) is 1.13. The summed E-state index contributed by atoms with van der Waals surface area (Å²) in [5.41, 5.74) is 0.395. The van der Waals surface area contributed by atoms with Gasteiger partial charge in [-0.1, -0.05) is 11.6 Å². The van der Waals surface area contributed by atoms with Crippen LogP contribution in [0.4, 0.5) is 13.2 Å². The lowest BCUT2D eigenvalue weighted by Gasteiger charge is -2.07. The Morgan fingerprint density at radius 2 is 1.76 bits per heavy atom. The van der Waals surface area contributed by atoms with Crippen molar-refractivity contribution in [2.45, 2.75) is 6.92 Å². The quantitative estimate of drug-likeness (QED) is 0.578. The molecule has 0 bridgehead atoms. The molecule has 2 rings (SSSR count). The van der Waals surface area contributed by atoms with Crippen LogP contribution >= 0.6 is 11.6 Å². The van der Waals surface area contributed by atoms with Crippen LogP contribution < -0.4 is 0 Å². The van der Waals surface area contributed by atoms with Gasteiger partial charge in [0.15, 0.2) is 17.5 Å². The van der Waals surface area contributed by atoms with Crippen LogP contribution in [-0.2, 0) is 0 Å². The van der Waals surface area contributed by atoms with Gasteiger partial charge < -0.3 is 0 Å². The fourth-order valence-electron chi connectivity index (χ4n) is 1.41. The maximum absolute atomic E-state index is 13.5. The molecule has 17 heavy (non-hydrogen) atoms. The smallest absolute Gasteiger partial charge is 0.195 e. The Morgan fingerprint density at radius 1 is 1.06 bits per heavy atom. The molecule has 88 valence electrons. The Morgan fingerprint density at radius 3 is 2.47 bits per heavy atom. The zero-order valence-corrected chi connectivity index (χ0v) is 9.39. The number of benzene rings is 1. The van der Waals surface area contributed by atoms with E-state index in [9.17, 15) is 13.2 Å². The van der Waals surface area contributed by atoms with Gasteiger partial charge >= 0.3 is 0 Å². The number of halogens is 4. The molecule has 0 aliphatic carbocycles. The van der Waals surface area contributed by atoms with Crippen molar-refractivity contribution >= 4 is 11.6 Å². The molecule has 0 saturated heterocycles. The van der Waals surface area contributed by atoms with E-state index in [4.69, 9.17) is 11.6 Å². The molecule has 0 amide bonds. The second kappa shape index (κ2) is 4.33. The molecule has 0 radical (unpaired) electrons. The van der Waals surface area contributed by atoms with Crippen molar-refractivity contribution in [3.8, 4) is 11.3 Å². The number of hydrogen-bond donors (Lipinski definition) is 0. The standard InChI is InChI=1S/C11H6ClF3N2/c1-5-10(16-4-17-11(5)12)6-2-3-7(13)9(15)8(6)14/h2-4H,1H3. The second-order valence-electron chi connectivity index (χ2n) is 3.36. The molecule has 1 aromatic heterocycles. The Hall–Kier alpha value is -1.62. The highest BCUT2D eigenvalue weighted by Gasteiger charge is 2.17. The minimum absolute atomic E-state index is 0.138. The third-order valence-electron chi connectivity index (χ3n) is 2.31. The van der Waals surface area contributed by atoms with Crippen LogP contribution in [0.25, 0.3) is 11.3 Å². The summed E-state index contributed by atoms with van der Waals surface area (Å²) in [4.78, 5) is 7.51. The Balaban J connectivity index is 2.69. The lowest BCUT2D eigenvalue weighted by molar-refractivity contribution is 0.448. The van der Waals surface area contributed by atoms with Gasteiger partial charge in [-0.05, 0) is 19.1 Å². The molecule has 0 atom stereocenters. The van der Waals surface area contributed by atoms with Gasteiger partial charge in [0.1, 0.15) is 11.5 Å². The van der Waals surface area contributed by atoms with Gasteiger partial charge in [0.2, 0.25) is 0 Å². The minimum atomic E-state index is -1.53. The molecule has 2 aromatic rings. The van der Waals surface area contributed by atoms with Gasteiger partial charge in [0.25, 0.3) is 0 Å². The van der Waals surface area contributed by atoms with E-state index < -0.39 is 17.5 Å². The maximum Gasteiger partial charge on any atom is 0.195 e. The molecule has 1 heterocycles. The van der Waals surface area contributed by atoms with E-state index in [1.165, 1.54) is 0 Å². The highest BCUT2D eigenvalue weighted by atomic mass is 35.5. The zero-order valence-electron chi connectivity index (χ0n) is 8.64. The first-order chi connectivity index (χ1) is 8.02. The van der Waals surface area contributed by atoms with E-state index in [2.05, 4.69) is 9.97 Å². The van der Waals surface area contributed by atoms with Crippen molar-refractivity contribution < 1.29 is 13.2 Å². The van der Waals surface area contributed by atoms with Crippen molar-refractivity contribution in [2.75, 3.05) is 0 Å². The van der Waals surface area contributed by atoms with Gasteiger partial charge in [0, 0.05) is 11.1 Å². The van der Waals surface area contributed by atoms with E-state index in [-0.39, 0.29) is 16.4 Å². The van der Waals surface area contributed by atoms with Gasteiger partial charge in [-0.3, -0.25) is 0 Å². The first-order valence-corrected chi connectivity index (χ1v) is 5.01. The molecule has 0 fully saturated rings. The summed E-state index contributed by atoms with van der Waals surface area (Å²) in [7, 11) is 0. The van der Waals surface area contributed by atoms with Crippen molar-refractivity contribution in [2.24, 2.45) is 0 Å². The van der Waals surface area contributed by atoms with E-state index in [1.807, 2.05) is 0 Å². The second-order valence-corrected chi connectivity index (χ2v) is 3.72. The molecule has 0 N–H and O–H groups in total. The molecule has 0 spiro atoms. The molecule has 0 unspecified atom stereocenters. The molecule has 2 nitrogen and oxygen atoms in total. The highest BCUT2D eigenvalue weighted by molar-refractivity contribution is 6.30. The predicted octanol–water partition coefficient (Wildman–Crippen LogP) is 3.52. The molecular formula is C11H6ClF3N2.